The zero-order valence-electron chi connectivity index (χ0n) is 7.59. The van der Waals surface area contributed by atoms with Crippen molar-refractivity contribution in [2.75, 3.05) is 16.8 Å². The Kier molecular flexibility index (Phi) is 3.47. The predicted molar refractivity (Wildman–Crippen MR) is 65.8 cm³/mol. The smallest absolute Gasteiger partial charge is 0.0441 e. The van der Waals surface area contributed by atoms with Gasteiger partial charge in [-0.05, 0) is 30.4 Å². The Morgan fingerprint density at radius 2 is 1.93 bits per heavy atom. The van der Waals surface area contributed by atoms with Crippen LogP contribution in [0.25, 0.3) is 0 Å². The van der Waals surface area contributed by atoms with E-state index < -0.39 is 0 Å². The summed E-state index contributed by atoms with van der Waals surface area (Å²) < 4.78 is 0. The molecule has 1 aromatic rings. The zero-order chi connectivity index (χ0) is 9.97. The van der Waals surface area contributed by atoms with Crippen LogP contribution in [-0.4, -0.2) is 17.5 Å². The Balaban J connectivity index is 2.07. The average molecular weight is 248 g/mol. The van der Waals surface area contributed by atoms with Crippen molar-refractivity contribution in [3.63, 3.8) is 0 Å². The summed E-state index contributed by atoms with van der Waals surface area (Å²) in [4.78, 5) is 0. The third-order valence-electron chi connectivity index (χ3n) is 2.16. The van der Waals surface area contributed by atoms with E-state index in [0.29, 0.717) is 16.1 Å². The van der Waals surface area contributed by atoms with Gasteiger partial charge < -0.3 is 5.32 Å². The van der Waals surface area contributed by atoms with Crippen LogP contribution >= 0.6 is 35.0 Å². The number of halogens is 2. The Morgan fingerprint density at radius 3 is 2.50 bits per heavy atom. The first-order valence-electron chi connectivity index (χ1n) is 4.54. The third-order valence-corrected chi connectivity index (χ3v) is 3.76. The molecule has 0 amide bonds. The molecule has 14 heavy (non-hydrogen) atoms. The van der Waals surface area contributed by atoms with Crippen LogP contribution in [0.3, 0.4) is 0 Å². The van der Waals surface area contributed by atoms with Crippen LogP contribution in [0.15, 0.2) is 18.2 Å². The second-order valence-electron chi connectivity index (χ2n) is 3.36. The van der Waals surface area contributed by atoms with Crippen LogP contribution in [0.5, 0.6) is 0 Å². The lowest BCUT2D eigenvalue weighted by atomic mass is 10.2. The van der Waals surface area contributed by atoms with E-state index in [9.17, 15) is 0 Å². The fourth-order valence-corrected chi connectivity index (χ4v) is 3.20. The second kappa shape index (κ2) is 4.65. The molecular weight excluding hydrogens is 237 g/mol. The summed E-state index contributed by atoms with van der Waals surface area (Å²) in [6.45, 7) is 0. The van der Waals surface area contributed by atoms with Gasteiger partial charge in [0.2, 0.25) is 0 Å². The van der Waals surface area contributed by atoms with E-state index in [1.54, 1.807) is 6.07 Å². The second-order valence-corrected chi connectivity index (χ2v) is 5.39. The highest BCUT2D eigenvalue weighted by atomic mass is 35.5. The van der Waals surface area contributed by atoms with Crippen LogP contribution in [-0.2, 0) is 0 Å². The van der Waals surface area contributed by atoms with Gasteiger partial charge in [0.15, 0.2) is 0 Å². The summed E-state index contributed by atoms with van der Waals surface area (Å²) in [5.74, 6) is 2.41. The molecule has 1 nitrogen and oxygen atoms in total. The van der Waals surface area contributed by atoms with Crippen LogP contribution in [0, 0.1) is 0 Å². The van der Waals surface area contributed by atoms with E-state index in [4.69, 9.17) is 23.2 Å². The summed E-state index contributed by atoms with van der Waals surface area (Å²) in [7, 11) is 0. The lowest BCUT2D eigenvalue weighted by Crippen LogP contribution is -2.17. The fraction of sp³-hybridized carbons (Fsp3) is 0.400. The molecule has 2 rings (SSSR count). The van der Waals surface area contributed by atoms with Crippen molar-refractivity contribution in [3.05, 3.63) is 28.2 Å². The number of nitrogens with one attached hydrogen (secondary N) is 1. The van der Waals surface area contributed by atoms with E-state index in [1.807, 2.05) is 23.9 Å². The van der Waals surface area contributed by atoms with Crippen molar-refractivity contribution in [3.8, 4) is 0 Å². The van der Waals surface area contributed by atoms with E-state index in [0.717, 1.165) is 5.69 Å². The van der Waals surface area contributed by atoms with Crippen LogP contribution < -0.4 is 5.32 Å². The minimum Gasteiger partial charge on any atom is -0.381 e. The summed E-state index contributed by atoms with van der Waals surface area (Å²) in [5, 5.41) is 4.80. The predicted octanol–water partition coefficient (Wildman–Crippen LogP) is 3.91. The number of anilines is 1. The molecule has 1 saturated heterocycles. The summed E-state index contributed by atoms with van der Waals surface area (Å²) >= 11 is 13.8. The van der Waals surface area contributed by atoms with E-state index in [-0.39, 0.29) is 0 Å². The molecular formula is C10H11Cl2NS. The fourth-order valence-electron chi connectivity index (χ4n) is 1.52. The number of hydrogen-bond acceptors (Lipinski definition) is 2. The summed E-state index contributed by atoms with van der Waals surface area (Å²) in [6.07, 6.45) is 1.22. The molecule has 4 heteroatoms. The molecule has 0 radical (unpaired) electrons. The van der Waals surface area contributed by atoms with Gasteiger partial charge in [0.25, 0.3) is 0 Å². The molecule has 1 atom stereocenters. The highest BCUT2D eigenvalue weighted by Gasteiger charge is 2.14. The van der Waals surface area contributed by atoms with Gasteiger partial charge in [-0.15, -0.1) is 0 Å². The standard InChI is InChI=1S/C10H11Cl2NS/c11-7-3-8(12)5-10(4-7)13-9-1-2-14-6-9/h3-5,9,13H,1-2,6H2. The molecule has 1 aromatic carbocycles. The Bertz CT molecular complexity index is 304. The van der Waals surface area contributed by atoms with Crippen molar-refractivity contribution in [2.45, 2.75) is 12.5 Å². The van der Waals surface area contributed by atoms with Gasteiger partial charge in [0.1, 0.15) is 0 Å². The molecule has 76 valence electrons. The zero-order valence-corrected chi connectivity index (χ0v) is 9.92. The van der Waals surface area contributed by atoms with Gasteiger partial charge in [-0.2, -0.15) is 11.8 Å². The molecule has 1 unspecified atom stereocenters. The monoisotopic (exact) mass is 247 g/mol. The normalized spacial score (nSPS) is 21.1. The summed E-state index contributed by atoms with van der Waals surface area (Å²) in [5.41, 5.74) is 1.02. The van der Waals surface area contributed by atoms with Gasteiger partial charge in [0.05, 0.1) is 0 Å². The molecule has 1 fully saturated rings. The van der Waals surface area contributed by atoms with Gasteiger partial charge in [0, 0.05) is 27.5 Å². The topological polar surface area (TPSA) is 12.0 Å². The first-order valence-corrected chi connectivity index (χ1v) is 6.45. The maximum Gasteiger partial charge on any atom is 0.0441 e. The number of benzene rings is 1. The van der Waals surface area contributed by atoms with E-state index in [2.05, 4.69) is 5.32 Å². The molecule has 1 N–H and O–H groups in total. The van der Waals surface area contributed by atoms with E-state index in [1.165, 1.54) is 17.9 Å². The maximum absolute atomic E-state index is 5.91. The largest absolute Gasteiger partial charge is 0.381 e. The van der Waals surface area contributed by atoms with Crippen LogP contribution in [0.2, 0.25) is 10.0 Å². The van der Waals surface area contributed by atoms with Crippen LogP contribution in [0.1, 0.15) is 6.42 Å². The van der Waals surface area contributed by atoms with Crippen molar-refractivity contribution >= 4 is 40.7 Å². The van der Waals surface area contributed by atoms with Crippen molar-refractivity contribution in [1.29, 1.82) is 0 Å². The van der Waals surface area contributed by atoms with Crippen LogP contribution in [0.4, 0.5) is 5.69 Å². The average Bonchev–Trinajstić information content (AvgIpc) is 2.54. The van der Waals surface area contributed by atoms with E-state index >= 15 is 0 Å². The quantitative estimate of drug-likeness (QED) is 0.851. The molecule has 1 heterocycles. The van der Waals surface area contributed by atoms with Gasteiger partial charge in [-0.3, -0.25) is 0 Å². The van der Waals surface area contributed by atoms with Crippen molar-refractivity contribution in [2.24, 2.45) is 0 Å². The first kappa shape index (κ1) is 10.5. The number of thioether (sulfide) groups is 1. The Hall–Kier alpha value is -0.0500. The summed E-state index contributed by atoms with van der Waals surface area (Å²) in [6, 6.07) is 6.14. The molecule has 1 aliphatic heterocycles. The lowest BCUT2D eigenvalue weighted by molar-refractivity contribution is 0.813. The molecule has 1 aliphatic rings. The molecule has 0 bridgehead atoms. The number of rotatable bonds is 2. The lowest BCUT2D eigenvalue weighted by Gasteiger charge is -2.13. The molecule has 0 spiro atoms. The molecule has 0 aromatic heterocycles. The minimum atomic E-state index is 0.564. The van der Waals surface area contributed by atoms with Crippen molar-refractivity contribution in [1.82, 2.24) is 0 Å². The minimum absolute atomic E-state index is 0.564. The van der Waals surface area contributed by atoms with Gasteiger partial charge >= 0.3 is 0 Å². The van der Waals surface area contributed by atoms with Crippen molar-refractivity contribution < 1.29 is 0 Å². The maximum atomic E-state index is 5.91. The SMILES string of the molecule is Clc1cc(Cl)cc(NC2CCSC2)c1. The third kappa shape index (κ3) is 2.72. The highest BCUT2D eigenvalue weighted by molar-refractivity contribution is 7.99. The van der Waals surface area contributed by atoms with Gasteiger partial charge in [-0.25, -0.2) is 0 Å². The molecule has 0 aliphatic carbocycles. The van der Waals surface area contributed by atoms with Gasteiger partial charge in [-0.1, -0.05) is 23.2 Å². The number of hydrogen-bond donors (Lipinski definition) is 1. The highest BCUT2D eigenvalue weighted by Crippen LogP contribution is 2.26. The Morgan fingerprint density at radius 1 is 1.21 bits per heavy atom. The first-order chi connectivity index (χ1) is 6.74. The molecule has 0 saturated carbocycles. The Labute approximate surface area is 98.2 Å².